The fourth-order valence-corrected chi connectivity index (χ4v) is 3.82. The van der Waals surface area contributed by atoms with E-state index in [2.05, 4.69) is 9.80 Å². The maximum atomic E-state index is 12.5. The molecule has 0 aromatic rings. The van der Waals surface area contributed by atoms with Gasteiger partial charge >= 0.3 is 0 Å². The van der Waals surface area contributed by atoms with Crippen LogP contribution in [0.25, 0.3) is 0 Å². The second-order valence-electron chi connectivity index (χ2n) is 6.87. The number of carbonyl (C=O) groups is 1. The molecule has 0 radical (unpaired) electrons. The molecule has 1 unspecified atom stereocenters. The van der Waals surface area contributed by atoms with E-state index >= 15 is 0 Å². The maximum absolute atomic E-state index is 12.5. The number of aliphatic hydroxyl groups is 1. The molecule has 1 N–H and O–H groups in total. The molecule has 1 saturated heterocycles. The van der Waals surface area contributed by atoms with Gasteiger partial charge in [0.05, 0.1) is 0 Å². The van der Waals surface area contributed by atoms with Crippen LogP contribution in [0.3, 0.4) is 0 Å². The Kier molecular flexibility index (Phi) is 4.61. The van der Waals surface area contributed by atoms with Gasteiger partial charge in [-0.25, -0.2) is 0 Å². The molecule has 1 amide bonds. The first kappa shape index (κ1) is 14.3. The predicted molar refractivity (Wildman–Crippen MR) is 78.3 cm³/mol. The van der Waals surface area contributed by atoms with Gasteiger partial charge in [-0.2, -0.15) is 0 Å². The van der Waals surface area contributed by atoms with Crippen molar-refractivity contribution in [2.75, 3.05) is 32.8 Å². The van der Waals surface area contributed by atoms with Crippen LogP contribution in [-0.2, 0) is 4.79 Å². The molecule has 4 nitrogen and oxygen atoms in total. The number of piperazine rings is 1. The quantitative estimate of drug-likeness (QED) is 0.829. The average Bonchev–Trinajstić information content (AvgIpc) is 3.10. The number of nitrogens with zero attached hydrogens (tertiary/aromatic N) is 2. The lowest BCUT2D eigenvalue weighted by atomic mass is 10.0. The highest BCUT2D eigenvalue weighted by atomic mass is 16.3. The Hall–Kier alpha value is -0.610. The van der Waals surface area contributed by atoms with Crippen LogP contribution in [0.15, 0.2) is 0 Å². The second-order valence-corrected chi connectivity index (χ2v) is 6.87. The summed E-state index contributed by atoms with van der Waals surface area (Å²) < 4.78 is 0. The number of hydrogen-bond donors (Lipinski definition) is 1. The topological polar surface area (TPSA) is 43.8 Å². The lowest BCUT2D eigenvalue weighted by Gasteiger charge is -2.42. The summed E-state index contributed by atoms with van der Waals surface area (Å²) in [6.07, 6.45) is 8.16. The molecule has 1 atom stereocenters. The Labute approximate surface area is 122 Å². The highest BCUT2D eigenvalue weighted by molar-refractivity contribution is 5.79. The van der Waals surface area contributed by atoms with Crippen LogP contribution in [0.4, 0.5) is 0 Å². The van der Waals surface area contributed by atoms with E-state index in [1.807, 2.05) is 0 Å². The summed E-state index contributed by atoms with van der Waals surface area (Å²) >= 11 is 0. The summed E-state index contributed by atoms with van der Waals surface area (Å²) in [6.45, 7) is 4.14. The van der Waals surface area contributed by atoms with Gasteiger partial charge in [-0.15, -0.1) is 0 Å². The number of carbonyl (C=O) groups excluding carboxylic acids is 1. The third-order valence-corrected chi connectivity index (χ3v) is 5.27. The zero-order valence-corrected chi connectivity index (χ0v) is 12.5. The summed E-state index contributed by atoms with van der Waals surface area (Å²) in [6, 6.07) is 0.375. The van der Waals surface area contributed by atoms with E-state index in [4.69, 9.17) is 0 Å². The van der Waals surface area contributed by atoms with E-state index in [1.165, 1.54) is 32.2 Å². The van der Waals surface area contributed by atoms with Gasteiger partial charge in [-0.1, -0.05) is 12.8 Å². The molecule has 3 aliphatic rings. The van der Waals surface area contributed by atoms with Crippen molar-refractivity contribution in [1.82, 2.24) is 9.80 Å². The third-order valence-electron chi connectivity index (χ3n) is 5.27. The predicted octanol–water partition coefficient (Wildman–Crippen LogP) is 1.48. The van der Waals surface area contributed by atoms with Crippen molar-refractivity contribution in [3.63, 3.8) is 0 Å². The van der Waals surface area contributed by atoms with Crippen LogP contribution in [0.2, 0.25) is 0 Å². The Bertz CT molecular complexity index is 337. The molecular weight excluding hydrogens is 252 g/mol. The van der Waals surface area contributed by atoms with Gasteiger partial charge in [0.25, 0.3) is 0 Å². The van der Waals surface area contributed by atoms with Gasteiger partial charge < -0.3 is 10.0 Å². The number of aliphatic hydroxyl groups excluding tert-OH is 1. The van der Waals surface area contributed by atoms with E-state index in [0.717, 1.165) is 44.8 Å². The smallest absolute Gasteiger partial charge is 0.225 e. The number of rotatable bonds is 5. The maximum Gasteiger partial charge on any atom is 0.225 e. The molecule has 3 rings (SSSR count). The molecule has 3 fully saturated rings. The average molecular weight is 280 g/mol. The van der Waals surface area contributed by atoms with Crippen molar-refractivity contribution in [2.45, 2.75) is 51.0 Å². The van der Waals surface area contributed by atoms with Crippen LogP contribution in [0.5, 0.6) is 0 Å². The van der Waals surface area contributed by atoms with E-state index in [1.54, 1.807) is 0 Å². The molecule has 0 spiro atoms. The van der Waals surface area contributed by atoms with Gasteiger partial charge in [-0.05, 0) is 38.0 Å². The minimum atomic E-state index is 0.233. The fourth-order valence-electron chi connectivity index (χ4n) is 3.82. The van der Waals surface area contributed by atoms with Crippen molar-refractivity contribution in [3.8, 4) is 0 Å². The van der Waals surface area contributed by atoms with Gasteiger partial charge in [0.15, 0.2) is 0 Å². The zero-order chi connectivity index (χ0) is 13.9. The summed E-state index contributed by atoms with van der Waals surface area (Å²) in [5.41, 5.74) is 0. The van der Waals surface area contributed by atoms with Crippen molar-refractivity contribution in [2.24, 2.45) is 11.8 Å². The van der Waals surface area contributed by atoms with Crippen LogP contribution in [-0.4, -0.2) is 59.6 Å². The van der Waals surface area contributed by atoms with Crippen molar-refractivity contribution in [3.05, 3.63) is 0 Å². The normalized spacial score (nSPS) is 29.1. The number of hydrogen-bond acceptors (Lipinski definition) is 3. The monoisotopic (exact) mass is 280 g/mol. The SMILES string of the molecule is O=C(C1CCCC1)N1CCN(CC2CC2)C(CCO)C1. The van der Waals surface area contributed by atoms with Crippen LogP contribution in [0, 0.1) is 11.8 Å². The highest BCUT2D eigenvalue weighted by Crippen LogP contribution is 2.32. The highest BCUT2D eigenvalue weighted by Gasteiger charge is 2.35. The molecule has 20 heavy (non-hydrogen) atoms. The van der Waals surface area contributed by atoms with E-state index < -0.39 is 0 Å². The van der Waals surface area contributed by atoms with Crippen LogP contribution in [0.1, 0.15) is 44.9 Å². The fraction of sp³-hybridized carbons (Fsp3) is 0.938. The Morgan fingerprint density at radius 1 is 1.10 bits per heavy atom. The van der Waals surface area contributed by atoms with Gasteiger partial charge in [0.2, 0.25) is 5.91 Å². The van der Waals surface area contributed by atoms with E-state index in [9.17, 15) is 9.90 Å². The molecule has 2 saturated carbocycles. The van der Waals surface area contributed by atoms with Crippen molar-refractivity contribution < 1.29 is 9.90 Å². The molecular formula is C16H28N2O2. The molecule has 0 bridgehead atoms. The Morgan fingerprint density at radius 2 is 1.85 bits per heavy atom. The molecule has 114 valence electrons. The second kappa shape index (κ2) is 6.44. The van der Waals surface area contributed by atoms with Gasteiger partial charge in [0, 0.05) is 44.7 Å². The summed E-state index contributed by atoms with van der Waals surface area (Å²) in [5, 5.41) is 9.29. The Balaban J connectivity index is 1.56. The number of amides is 1. The largest absolute Gasteiger partial charge is 0.396 e. The van der Waals surface area contributed by atoms with E-state index in [0.29, 0.717) is 17.9 Å². The molecule has 1 aliphatic heterocycles. The van der Waals surface area contributed by atoms with Gasteiger partial charge in [0.1, 0.15) is 0 Å². The third kappa shape index (κ3) is 3.34. The molecule has 4 heteroatoms. The minimum absolute atomic E-state index is 0.233. The van der Waals surface area contributed by atoms with Crippen LogP contribution < -0.4 is 0 Å². The lowest BCUT2D eigenvalue weighted by Crippen LogP contribution is -2.56. The van der Waals surface area contributed by atoms with Crippen molar-refractivity contribution >= 4 is 5.91 Å². The van der Waals surface area contributed by atoms with Crippen molar-refractivity contribution in [1.29, 1.82) is 0 Å². The Morgan fingerprint density at radius 3 is 2.50 bits per heavy atom. The summed E-state index contributed by atoms with van der Waals surface area (Å²) in [5.74, 6) is 1.56. The van der Waals surface area contributed by atoms with Crippen LogP contribution >= 0.6 is 0 Å². The van der Waals surface area contributed by atoms with E-state index in [-0.39, 0.29) is 6.61 Å². The zero-order valence-electron chi connectivity index (χ0n) is 12.5. The molecule has 1 heterocycles. The lowest BCUT2D eigenvalue weighted by molar-refractivity contribution is -0.138. The van der Waals surface area contributed by atoms with Gasteiger partial charge in [-0.3, -0.25) is 9.69 Å². The standard InChI is InChI=1S/C16H28N2O2/c19-10-7-15-12-18(16(20)14-3-1-2-4-14)9-8-17(15)11-13-5-6-13/h13-15,19H,1-12H2. The first-order valence-corrected chi connectivity index (χ1v) is 8.41. The summed E-state index contributed by atoms with van der Waals surface area (Å²) in [4.78, 5) is 17.1. The molecule has 2 aliphatic carbocycles. The first-order valence-electron chi connectivity index (χ1n) is 8.41. The summed E-state index contributed by atoms with van der Waals surface area (Å²) in [7, 11) is 0. The molecule has 0 aromatic heterocycles. The molecule has 0 aromatic carbocycles. The first-order chi connectivity index (χ1) is 9.78. The minimum Gasteiger partial charge on any atom is -0.396 e.